The van der Waals surface area contributed by atoms with Gasteiger partial charge in [-0.1, -0.05) is 89.3 Å². The molecule has 152 valence electrons. The molecule has 0 fully saturated rings. The molecule has 0 saturated heterocycles. The summed E-state index contributed by atoms with van der Waals surface area (Å²) in [6.07, 6.45) is 16.3. The zero-order valence-electron chi connectivity index (χ0n) is 17.2. The van der Waals surface area contributed by atoms with Crippen LogP contribution in [0.4, 0.5) is 0 Å². The van der Waals surface area contributed by atoms with Gasteiger partial charge in [0.05, 0.1) is 0 Å². The van der Waals surface area contributed by atoms with Crippen molar-refractivity contribution in [2.45, 2.75) is 103 Å². The largest absolute Gasteiger partial charge is 0.427 e. The van der Waals surface area contributed by atoms with E-state index in [9.17, 15) is 9.59 Å². The molecule has 1 aromatic rings. The Bertz CT molecular complexity index is 496. The predicted octanol–water partition coefficient (Wildman–Crippen LogP) is 7.03. The molecule has 0 spiro atoms. The molecular weight excluding hydrogens is 336 g/mol. The van der Waals surface area contributed by atoms with Gasteiger partial charge >= 0.3 is 5.97 Å². The minimum Gasteiger partial charge on any atom is -0.427 e. The first kappa shape index (κ1) is 23.4. The number of unbranched alkanes of at least 4 members (excludes halogenated alkanes) is 10. The fraction of sp³-hybridized carbons (Fsp3) is 0.667. The van der Waals surface area contributed by atoms with Gasteiger partial charge in [-0.05, 0) is 25.0 Å². The van der Waals surface area contributed by atoms with E-state index in [1.165, 1.54) is 57.8 Å². The Morgan fingerprint density at radius 2 is 1.19 bits per heavy atom. The zero-order valence-corrected chi connectivity index (χ0v) is 17.2. The lowest BCUT2D eigenvalue weighted by Gasteiger charge is -2.04. The monoisotopic (exact) mass is 374 g/mol. The van der Waals surface area contributed by atoms with Crippen LogP contribution in [-0.4, -0.2) is 11.8 Å². The van der Waals surface area contributed by atoms with E-state index >= 15 is 0 Å². The van der Waals surface area contributed by atoms with Crippen molar-refractivity contribution in [3.8, 4) is 5.75 Å². The standard InChI is InChI=1S/C24H38O3/c1-2-3-4-5-6-7-8-9-10-11-13-17-22(25)18-16-21-24(26)27-23-19-14-12-15-20-23/h12,14-15,19-20H,2-11,13,16-18,21H2,1H3. The summed E-state index contributed by atoms with van der Waals surface area (Å²) in [6, 6.07) is 9.06. The highest BCUT2D eigenvalue weighted by molar-refractivity contribution is 5.79. The highest BCUT2D eigenvalue weighted by atomic mass is 16.5. The molecule has 3 nitrogen and oxygen atoms in total. The van der Waals surface area contributed by atoms with Gasteiger partial charge < -0.3 is 4.74 Å². The molecule has 27 heavy (non-hydrogen) atoms. The molecular formula is C24H38O3. The molecule has 0 amide bonds. The van der Waals surface area contributed by atoms with Gasteiger partial charge in [0.1, 0.15) is 11.5 Å². The molecule has 0 radical (unpaired) electrons. The van der Waals surface area contributed by atoms with Crippen LogP contribution in [-0.2, 0) is 9.59 Å². The summed E-state index contributed by atoms with van der Waals surface area (Å²) in [5.74, 6) is 0.580. The Hall–Kier alpha value is -1.64. The third-order valence-corrected chi connectivity index (χ3v) is 4.87. The number of hydrogen-bond donors (Lipinski definition) is 0. The van der Waals surface area contributed by atoms with E-state index in [4.69, 9.17) is 4.74 Å². The van der Waals surface area contributed by atoms with Gasteiger partial charge in [0, 0.05) is 19.3 Å². The number of benzene rings is 1. The molecule has 0 heterocycles. The molecule has 1 rings (SSSR count). The fourth-order valence-corrected chi connectivity index (χ4v) is 3.21. The minimum atomic E-state index is -0.260. The second-order valence-corrected chi connectivity index (χ2v) is 7.46. The predicted molar refractivity (Wildman–Crippen MR) is 112 cm³/mol. The average Bonchev–Trinajstić information content (AvgIpc) is 2.67. The van der Waals surface area contributed by atoms with E-state index < -0.39 is 0 Å². The highest BCUT2D eigenvalue weighted by Gasteiger charge is 2.07. The van der Waals surface area contributed by atoms with Crippen molar-refractivity contribution < 1.29 is 14.3 Å². The molecule has 0 aliphatic carbocycles. The molecule has 0 saturated carbocycles. The smallest absolute Gasteiger partial charge is 0.311 e. The number of para-hydroxylation sites is 1. The van der Waals surface area contributed by atoms with Gasteiger partial charge in [-0.2, -0.15) is 0 Å². The second-order valence-electron chi connectivity index (χ2n) is 7.46. The lowest BCUT2D eigenvalue weighted by molar-refractivity contribution is -0.134. The van der Waals surface area contributed by atoms with E-state index in [-0.39, 0.29) is 11.8 Å². The number of esters is 1. The molecule has 0 aliphatic rings. The Morgan fingerprint density at radius 3 is 1.78 bits per heavy atom. The van der Waals surface area contributed by atoms with E-state index in [2.05, 4.69) is 6.92 Å². The number of ketones is 1. The maximum absolute atomic E-state index is 11.9. The SMILES string of the molecule is CCCCCCCCCCCCCC(=O)CCCC(=O)Oc1ccccc1. The van der Waals surface area contributed by atoms with Crippen molar-refractivity contribution in [2.75, 3.05) is 0 Å². The molecule has 1 aromatic carbocycles. The third-order valence-electron chi connectivity index (χ3n) is 4.87. The number of ether oxygens (including phenoxy) is 1. The number of Topliss-reactive ketones (excluding diaryl/α,β-unsaturated/α-hetero) is 1. The number of carbonyl (C=O) groups is 2. The minimum absolute atomic E-state index is 0.260. The lowest BCUT2D eigenvalue weighted by atomic mass is 10.0. The van der Waals surface area contributed by atoms with Gasteiger partial charge in [0.25, 0.3) is 0 Å². The van der Waals surface area contributed by atoms with Crippen LogP contribution < -0.4 is 4.74 Å². The normalized spacial score (nSPS) is 10.7. The molecule has 0 unspecified atom stereocenters. The quantitative estimate of drug-likeness (QED) is 0.167. The van der Waals surface area contributed by atoms with Crippen LogP contribution in [0, 0.1) is 0 Å². The van der Waals surface area contributed by atoms with Gasteiger partial charge in [0.15, 0.2) is 0 Å². The first-order valence-corrected chi connectivity index (χ1v) is 11.0. The van der Waals surface area contributed by atoms with Crippen LogP contribution >= 0.6 is 0 Å². The zero-order chi connectivity index (χ0) is 19.6. The topological polar surface area (TPSA) is 43.4 Å². The highest BCUT2D eigenvalue weighted by Crippen LogP contribution is 2.13. The lowest BCUT2D eigenvalue weighted by Crippen LogP contribution is -2.08. The summed E-state index contributed by atoms with van der Waals surface area (Å²) in [5, 5.41) is 0. The van der Waals surface area contributed by atoms with Crippen molar-refractivity contribution in [1.29, 1.82) is 0 Å². The summed E-state index contributed by atoms with van der Waals surface area (Å²) in [6.45, 7) is 2.25. The number of hydrogen-bond acceptors (Lipinski definition) is 3. The van der Waals surface area contributed by atoms with E-state index in [1.807, 2.05) is 18.2 Å². The number of carbonyl (C=O) groups excluding carboxylic acids is 2. The molecule has 3 heteroatoms. The van der Waals surface area contributed by atoms with Crippen molar-refractivity contribution in [3.63, 3.8) is 0 Å². The Kier molecular flexibility index (Phi) is 14.3. The van der Waals surface area contributed by atoms with Crippen LogP contribution in [0.25, 0.3) is 0 Å². The molecule has 0 bridgehead atoms. The summed E-state index contributed by atoms with van der Waals surface area (Å²) >= 11 is 0. The van der Waals surface area contributed by atoms with Crippen LogP contribution in [0.3, 0.4) is 0 Å². The summed E-state index contributed by atoms with van der Waals surface area (Å²) in [4.78, 5) is 23.6. The molecule has 0 aromatic heterocycles. The maximum atomic E-state index is 11.9. The Balaban J connectivity index is 1.88. The van der Waals surface area contributed by atoms with E-state index in [0.717, 1.165) is 12.8 Å². The van der Waals surface area contributed by atoms with Crippen molar-refractivity contribution in [3.05, 3.63) is 30.3 Å². The summed E-state index contributed by atoms with van der Waals surface area (Å²) in [7, 11) is 0. The van der Waals surface area contributed by atoms with Gasteiger partial charge in [-0.25, -0.2) is 0 Å². The average molecular weight is 375 g/mol. The Labute approximate surface area is 165 Å². The van der Waals surface area contributed by atoms with Crippen molar-refractivity contribution in [2.24, 2.45) is 0 Å². The molecule has 0 aliphatic heterocycles. The van der Waals surface area contributed by atoms with Crippen LogP contribution in [0.1, 0.15) is 103 Å². The third kappa shape index (κ3) is 14.1. The van der Waals surface area contributed by atoms with Gasteiger partial charge in [0.2, 0.25) is 0 Å². The fourth-order valence-electron chi connectivity index (χ4n) is 3.21. The van der Waals surface area contributed by atoms with Crippen LogP contribution in [0.2, 0.25) is 0 Å². The van der Waals surface area contributed by atoms with E-state index in [1.54, 1.807) is 12.1 Å². The molecule has 0 atom stereocenters. The first-order valence-electron chi connectivity index (χ1n) is 11.0. The van der Waals surface area contributed by atoms with Gasteiger partial charge in [-0.15, -0.1) is 0 Å². The maximum Gasteiger partial charge on any atom is 0.311 e. The number of rotatable bonds is 17. The van der Waals surface area contributed by atoms with Gasteiger partial charge in [-0.3, -0.25) is 9.59 Å². The second kappa shape index (κ2) is 16.5. The van der Waals surface area contributed by atoms with Crippen molar-refractivity contribution in [1.82, 2.24) is 0 Å². The van der Waals surface area contributed by atoms with E-state index in [0.29, 0.717) is 31.4 Å². The summed E-state index contributed by atoms with van der Waals surface area (Å²) < 4.78 is 5.22. The Morgan fingerprint density at radius 1 is 0.667 bits per heavy atom. The first-order chi connectivity index (χ1) is 13.2. The summed E-state index contributed by atoms with van der Waals surface area (Å²) in [5.41, 5.74) is 0. The van der Waals surface area contributed by atoms with Crippen LogP contribution in [0.15, 0.2) is 30.3 Å². The van der Waals surface area contributed by atoms with Crippen LogP contribution in [0.5, 0.6) is 5.75 Å². The molecule has 0 N–H and O–H groups in total. The van der Waals surface area contributed by atoms with Crippen molar-refractivity contribution >= 4 is 11.8 Å².